The normalized spacial score (nSPS) is 23.7. The molecule has 5 heteroatoms. The first-order valence-corrected chi connectivity index (χ1v) is 4.82. The van der Waals surface area contributed by atoms with Crippen LogP contribution < -0.4 is 5.32 Å². The van der Waals surface area contributed by atoms with Gasteiger partial charge in [-0.25, -0.2) is 0 Å². The predicted octanol–water partition coefficient (Wildman–Crippen LogP) is -0.920. The number of nitrogens with zero attached hydrogens (tertiary/aromatic N) is 1. The van der Waals surface area contributed by atoms with Gasteiger partial charge in [0.2, 0.25) is 5.91 Å². The minimum Gasteiger partial charge on any atom is -0.383 e. The highest BCUT2D eigenvalue weighted by molar-refractivity contribution is 5.82. The number of carbonyl (C=O) groups excluding carboxylic acids is 1. The number of ether oxygens (including phenoxy) is 2. The molecule has 1 N–H and O–H groups in total. The van der Waals surface area contributed by atoms with Crippen molar-refractivity contribution in [2.24, 2.45) is 0 Å². The second-order valence-corrected chi connectivity index (χ2v) is 3.23. The third-order valence-electron chi connectivity index (χ3n) is 2.31. The summed E-state index contributed by atoms with van der Waals surface area (Å²) < 4.78 is 10.3. The Bertz CT molecular complexity index is 187. The first-order valence-electron chi connectivity index (χ1n) is 4.82. The van der Waals surface area contributed by atoms with Gasteiger partial charge in [-0.3, -0.25) is 4.79 Å². The van der Waals surface area contributed by atoms with Gasteiger partial charge in [0.25, 0.3) is 0 Å². The first kappa shape index (κ1) is 11.4. The van der Waals surface area contributed by atoms with Crippen molar-refractivity contribution in [2.45, 2.75) is 6.04 Å². The van der Waals surface area contributed by atoms with Gasteiger partial charge in [0.05, 0.1) is 19.8 Å². The van der Waals surface area contributed by atoms with Crippen molar-refractivity contribution in [3.63, 3.8) is 0 Å². The zero-order chi connectivity index (χ0) is 10.4. The van der Waals surface area contributed by atoms with Crippen molar-refractivity contribution in [2.75, 3.05) is 47.1 Å². The van der Waals surface area contributed by atoms with Gasteiger partial charge in [-0.15, -0.1) is 0 Å². The highest BCUT2D eigenvalue weighted by atomic mass is 16.5. The Kier molecular flexibility index (Phi) is 4.86. The van der Waals surface area contributed by atoms with E-state index in [-0.39, 0.29) is 11.9 Å². The Morgan fingerprint density at radius 3 is 3.14 bits per heavy atom. The average molecular weight is 202 g/mol. The predicted molar refractivity (Wildman–Crippen MR) is 52.1 cm³/mol. The van der Waals surface area contributed by atoms with Crippen LogP contribution in [0.2, 0.25) is 0 Å². The van der Waals surface area contributed by atoms with Crippen LogP contribution >= 0.6 is 0 Å². The molecule has 0 aromatic carbocycles. The van der Waals surface area contributed by atoms with Crippen LogP contribution in [0.3, 0.4) is 0 Å². The van der Waals surface area contributed by atoms with E-state index in [0.29, 0.717) is 32.9 Å². The maximum Gasteiger partial charge on any atom is 0.242 e. The Morgan fingerprint density at radius 2 is 2.50 bits per heavy atom. The molecule has 0 radical (unpaired) electrons. The Hall–Kier alpha value is -0.650. The second kappa shape index (κ2) is 5.95. The minimum absolute atomic E-state index is 0.0991. The summed E-state index contributed by atoms with van der Waals surface area (Å²) in [5.74, 6) is 0.0991. The molecule has 0 aromatic rings. The van der Waals surface area contributed by atoms with Crippen molar-refractivity contribution >= 4 is 5.91 Å². The van der Waals surface area contributed by atoms with Crippen LogP contribution in [0, 0.1) is 0 Å². The number of amides is 1. The molecule has 0 bridgehead atoms. The fourth-order valence-electron chi connectivity index (χ4n) is 1.41. The Morgan fingerprint density at radius 1 is 1.71 bits per heavy atom. The fraction of sp³-hybridized carbons (Fsp3) is 0.889. The third-order valence-corrected chi connectivity index (χ3v) is 2.31. The average Bonchev–Trinajstić information content (AvgIpc) is 2.38. The van der Waals surface area contributed by atoms with Crippen molar-refractivity contribution < 1.29 is 14.3 Å². The molecule has 1 heterocycles. The summed E-state index contributed by atoms with van der Waals surface area (Å²) in [5, 5.41) is 2.94. The molecule has 1 rings (SSSR count). The van der Waals surface area contributed by atoms with Crippen LogP contribution in [0.4, 0.5) is 0 Å². The highest BCUT2D eigenvalue weighted by Gasteiger charge is 2.25. The molecule has 1 atom stereocenters. The van der Waals surface area contributed by atoms with E-state index in [2.05, 4.69) is 5.32 Å². The largest absolute Gasteiger partial charge is 0.383 e. The van der Waals surface area contributed by atoms with E-state index in [1.54, 1.807) is 19.1 Å². The van der Waals surface area contributed by atoms with E-state index in [4.69, 9.17) is 9.47 Å². The van der Waals surface area contributed by atoms with Crippen LogP contribution in [-0.4, -0.2) is 63.9 Å². The topological polar surface area (TPSA) is 50.8 Å². The van der Waals surface area contributed by atoms with Gasteiger partial charge >= 0.3 is 0 Å². The molecule has 0 spiro atoms. The maximum atomic E-state index is 11.8. The SMILES string of the molecule is CNC1COCCN(CCOC)C1=O. The number of hydrogen-bond donors (Lipinski definition) is 1. The van der Waals surface area contributed by atoms with Crippen LogP contribution in [0.1, 0.15) is 0 Å². The number of methoxy groups -OCH3 is 1. The van der Waals surface area contributed by atoms with E-state index < -0.39 is 0 Å². The van der Waals surface area contributed by atoms with Crippen molar-refractivity contribution in [3.8, 4) is 0 Å². The number of carbonyl (C=O) groups is 1. The molecule has 1 amide bonds. The summed E-state index contributed by atoms with van der Waals surface area (Å²) in [7, 11) is 3.40. The van der Waals surface area contributed by atoms with Crippen LogP contribution in [-0.2, 0) is 14.3 Å². The van der Waals surface area contributed by atoms with Gasteiger partial charge in [0, 0.05) is 20.2 Å². The third kappa shape index (κ3) is 2.94. The highest BCUT2D eigenvalue weighted by Crippen LogP contribution is 2.01. The lowest BCUT2D eigenvalue weighted by molar-refractivity contribution is -0.133. The molecule has 0 saturated carbocycles. The summed E-state index contributed by atoms with van der Waals surface area (Å²) >= 11 is 0. The van der Waals surface area contributed by atoms with E-state index in [0.717, 1.165) is 0 Å². The lowest BCUT2D eigenvalue weighted by atomic mass is 10.3. The number of rotatable bonds is 4. The van der Waals surface area contributed by atoms with Crippen LogP contribution in [0.15, 0.2) is 0 Å². The van der Waals surface area contributed by atoms with Gasteiger partial charge in [0.15, 0.2) is 0 Å². The molecular formula is C9H18N2O3. The zero-order valence-corrected chi connectivity index (χ0v) is 8.78. The lowest BCUT2D eigenvalue weighted by Crippen LogP contribution is -2.46. The first-order chi connectivity index (χ1) is 6.79. The summed E-state index contributed by atoms with van der Waals surface area (Å²) in [4.78, 5) is 13.6. The van der Waals surface area contributed by atoms with E-state index in [1.807, 2.05) is 0 Å². The molecule has 14 heavy (non-hydrogen) atoms. The lowest BCUT2D eigenvalue weighted by Gasteiger charge is -2.22. The van der Waals surface area contributed by atoms with Crippen LogP contribution in [0.5, 0.6) is 0 Å². The minimum atomic E-state index is -0.214. The summed E-state index contributed by atoms with van der Waals surface area (Å²) in [6.07, 6.45) is 0. The van der Waals surface area contributed by atoms with Crippen LogP contribution in [0.25, 0.3) is 0 Å². The number of hydrogen-bond acceptors (Lipinski definition) is 4. The molecule has 1 fully saturated rings. The fourth-order valence-corrected chi connectivity index (χ4v) is 1.41. The monoisotopic (exact) mass is 202 g/mol. The molecule has 1 saturated heterocycles. The van der Waals surface area contributed by atoms with E-state index in [9.17, 15) is 4.79 Å². The smallest absolute Gasteiger partial charge is 0.242 e. The Balaban J connectivity index is 2.49. The molecule has 5 nitrogen and oxygen atoms in total. The van der Waals surface area contributed by atoms with Gasteiger partial charge in [-0.2, -0.15) is 0 Å². The van der Waals surface area contributed by atoms with Gasteiger partial charge in [-0.1, -0.05) is 0 Å². The molecule has 1 aliphatic rings. The molecule has 0 aromatic heterocycles. The van der Waals surface area contributed by atoms with Crippen molar-refractivity contribution in [3.05, 3.63) is 0 Å². The van der Waals surface area contributed by atoms with E-state index >= 15 is 0 Å². The summed E-state index contributed by atoms with van der Waals surface area (Å²) in [6, 6.07) is -0.214. The number of likely N-dealkylation sites (N-methyl/N-ethyl adjacent to an activating group) is 1. The molecule has 0 aliphatic carbocycles. The van der Waals surface area contributed by atoms with E-state index in [1.165, 1.54) is 0 Å². The van der Waals surface area contributed by atoms with Gasteiger partial charge in [0.1, 0.15) is 6.04 Å². The van der Waals surface area contributed by atoms with Gasteiger partial charge in [-0.05, 0) is 7.05 Å². The van der Waals surface area contributed by atoms with Crippen molar-refractivity contribution in [1.29, 1.82) is 0 Å². The van der Waals surface area contributed by atoms with Gasteiger partial charge < -0.3 is 19.7 Å². The molecule has 82 valence electrons. The van der Waals surface area contributed by atoms with Crippen molar-refractivity contribution in [1.82, 2.24) is 10.2 Å². The summed E-state index contributed by atoms with van der Waals surface area (Å²) in [5.41, 5.74) is 0. The second-order valence-electron chi connectivity index (χ2n) is 3.23. The standard InChI is InChI=1S/C9H18N2O3/c1-10-8-7-14-6-4-11(9(8)12)3-5-13-2/h8,10H,3-7H2,1-2H3. The summed E-state index contributed by atoms with van der Waals surface area (Å²) in [6.45, 7) is 2.92. The molecule has 1 unspecified atom stereocenters. The zero-order valence-electron chi connectivity index (χ0n) is 8.78. The maximum absolute atomic E-state index is 11.8. The quantitative estimate of drug-likeness (QED) is 0.640. The Labute approximate surface area is 84.4 Å². The molecular weight excluding hydrogens is 184 g/mol. The molecule has 1 aliphatic heterocycles. The number of nitrogens with one attached hydrogen (secondary N) is 1.